The third-order valence-corrected chi connectivity index (χ3v) is 2.92. The molecule has 2 rings (SSSR count). The Morgan fingerprint density at radius 2 is 2.53 bits per heavy atom. The van der Waals surface area contributed by atoms with E-state index in [1.165, 1.54) is 25.8 Å². The van der Waals surface area contributed by atoms with E-state index >= 15 is 0 Å². The van der Waals surface area contributed by atoms with Crippen LogP contribution >= 0.6 is 0 Å². The van der Waals surface area contributed by atoms with Gasteiger partial charge in [0.05, 0.1) is 11.9 Å². The third kappa shape index (κ3) is 2.96. The molecule has 0 bridgehead atoms. The molecule has 0 saturated carbocycles. The number of aromatic nitrogens is 2. The predicted molar refractivity (Wildman–Crippen MR) is 62.0 cm³/mol. The average Bonchev–Trinajstić information content (AvgIpc) is 2.76. The van der Waals surface area contributed by atoms with Crippen molar-refractivity contribution in [2.75, 3.05) is 18.4 Å². The van der Waals surface area contributed by atoms with Crippen molar-refractivity contribution in [1.82, 2.24) is 15.1 Å². The number of hydrogen-bond donors (Lipinski definition) is 2. The lowest BCUT2D eigenvalue weighted by atomic mass is 10.1. The minimum atomic E-state index is 0.628. The van der Waals surface area contributed by atoms with E-state index in [4.69, 9.17) is 0 Å². The quantitative estimate of drug-likeness (QED) is 0.787. The van der Waals surface area contributed by atoms with Crippen molar-refractivity contribution in [2.45, 2.75) is 38.8 Å². The van der Waals surface area contributed by atoms with Crippen LogP contribution in [-0.4, -0.2) is 28.9 Å². The summed E-state index contributed by atoms with van der Waals surface area (Å²) in [6.45, 7) is 5.21. The number of rotatable bonds is 4. The Morgan fingerprint density at radius 3 is 3.20 bits per heavy atom. The van der Waals surface area contributed by atoms with E-state index in [2.05, 4.69) is 28.9 Å². The molecule has 0 radical (unpaired) electrons. The molecular weight excluding hydrogens is 188 g/mol. The van der Waals surface area contributed by atoms with Gasteiger partial charge in [-0.05, 0) is 26.3 Å². The Labute approximate surface area is 91.1 Å². The molecule has 0 aliphatic carbocycles. The van der Waals surface area contributed by atoms with Crippen LogP contribution in [0.5, 0.6) is 0 Å². The maximum Gasteiger partial charge on any atom is 0.0727 e. The molecule has 4 nitrogen and oxygen atoms in total. The first kappa shape index (κ1) is 10.5. The van der Waals surface area contributed by atoms with Gasteiger partial charge in [0.25, 0.3) is 0 Å². The first-order valence-corrected chi connectivity index (χ1v) is 5.88. The fourth-order valence-electron chi connectivity index (χ4n) is 1.97. The summed E-state index contributed by atoms with van der Waals surface area (Å²) in [5.41, 5.74) is 1.13. The van der Waals surface area contributed by atoms with E-state index in [0.717, 1.165) is 18.8 Å². The molecule has 2 heterocycles. The molecule has 0 amide bonds. The molecule has 1 aliphatic rings. The number of piperidine rings is 1. The van der Waals surface area contributed by atoms with Gasteiger partial charge in [-0.15, -0.1) is 0 Å². The van der Waals surface area contributed by atoms with Crippen molar-refractivity contribution >= 4 is 5.69 Å². The van der Waals surface area contributed by atoms with E-state index in [-0.39, 0.29) is 0 Å². The standard InChI is InChI=1S/C11H20N4/c1-2-15-9-11(8-14-15)13-7-10-5-3-4-6-12-10/h8-10,12-13H,2-7H2,1H3. The van der Waals surface area contributed by atoms with Gasteiger partial charge in [0.15, 0.2) is 0 Å². The molecule has 1 fully saturated rings. The van der Waals surface area contributed by atoms with Crippen molar-refractivity contribution < 1.29 is 0 Å². The molecular formula is C11H20N4. The Kier molecular flexibility index (Phi) is 3.61. The topological polar surface area (TPSA) is 41.9 Å². The van der Waals surface area contributed by atoms with Crippen molar-refractivity contribution in [3.8, 4) is 0 Å². The minimum Gasteiger partial charge on any atom is -0.381 e. The van der Waals surface area contributed by atoms with Crippen LogP contribution in [-0.2, 0) is 6.54 Å². The van der Waals surface area contributed by atoms with Crippen LogP contribution in [0.25, 0.3) is 0 Å². The summed E-state index contributed by atoms with van der Waals surface area (Å²) in [4.78, 5) is 0. The molecule has 2 N–H and O–H groups in total. The largest absolute Gasteiger partial charge is 0.381 e. The fraction of sp³-hybridized carbons (Fsp3) is 0.727. The highest BCUT2D eigenvalue weighted by atomic mass is 15.3. The summed E-state index contributed by atoms with van der Waals surface area (Å²) in [5.74, 6) is 0. The second-order valence-electron chi connectivity index (χ2n) is 4.11. The Hall–Kier alpha value is -1.03. The highest BCUT2D eigenvalue weighted by Crippen LogP contribution is 2.09. The fourth-order valence-corrected chi connectivity index (χ4v) is 1.97. The summed E-state index contributed by atoms with van der Waals surface area (Å²) in [7, 11) is 0. The summed E-state index contributed by atoms with van der Waals surface area (Å²) < 4.78 is 1.94. The molecule has 1 unspecified atom stereocenters. The monoisotopic (exact) mass is 208 g/mol. The van der Waals surface area contributed by atoms with Crippen molar-refractivity contribution in [1.29, 1.82) is 0 Å². The number of aryl methyl sites for hydroxylation is 1. The van der Waals surface area contributed by atoms with Crippen LogP contribution in [0.1, 0.15) is 26.2 Å². The highest BCUT2D eigenvalue weighted by molar-refractivity contribution is 5.38. The molecule has 84 valence electrons. The van der Waals surface area contributed by atoms with Crippen LogP contribution in [0.15, 0.2) is 12.4 Å². The summed E-state index contributed by atoms with van der Waals surface area (Å²) >= 11 is 0. The summed E-state index contributed by atoms with van der Waals surface area (Å²) in [6, 6.07) is 0.628. The van der Waals surface area contributed by atoms with Gasteiger partial charge in [0, 0.05) is 25.3 Å². The summed E-state index contributed by atoms with van der Waals surface area (Å²) in [6.07, 6.45) is 7.92. The van der Waals surface area contributed by atoms with Crippen LogP contribution in [0.4, 0.5) is 5.69 Å². The molecule has 0 spiro atoms. The molecule has 1 aromatic rings. The molecule has 4 heteroatoms. The molecule has 1 saturated heterocycles. The first-order valence-electron chi connectivity index (χ1n) is 5.88. The zero-order chi connectivity index (χ0) is 10.5. The van der Waals surface area contributed by atoms with Crippen LogP contribution in [0, 0.1) is 0 Å². The second-order valence-corrected chi connectivity index (χ2v) is 4.11. The molecule has 15 heavy (non-hydrogen) atoms. The average molecular weight is 208 g/mol. The lowest BCUT2D eigenvalue weighted by molar-refractivity contribution is 0.414. The third-order valence-electron chi connectivity index (χ3n) is 2.92. The Balaban J connectivity index is 1.76. The zero-order valence-corrected chi connectivity index (χ0v) is 9.37. The number of nitrogens with zero attached hydrogens (tertiary/aromatic N) is 2. The van der Waals surface area contributed by atoms with E-state index in [1.807, 2.05) is 10.9 Å². The molecule has 1 aliphatic heterocycles. The normalized spacial score (nSPS) is 21.5. The Morgan fingerprint density at radius 1 is 1.60 bits per heavy atom. The maximum absolute atomic E-state index is 4.23. The SMILES string of the molecule is CCn1cc(NCC2CCCCN2)cn1. The lowest BCUT2D eigenvalue weighted by Gasteiger charge is -2.23. The van der Waals surface area contributed by atoms with Gasteiger partial charge in [-0.1, -0.05) is 6.42 Å². The second kappa shape index (κ2) is 5.16. The van der Waals surface area contributed by atoms with Gasteiger partial charge < -0.3 is 10.6 Å². The van der Waals surface area contributed by atoms with Gasteiger partial charge in [0.2, 0.25) is 0 Å². The highest BCUT2D eigenvalue weighted by Gasteiger charge is 2.11. The van der Waals surface area contributed by atoms with E-state index in [9.17, 15) is 0 Å². The maximum atomic E-state index is 4.23. The predicted octanol–water partition coefficient (Wildman–Crippen LogP) is 1.46. The number of hydrogen-bond acceptors (Lipinski definition) is 3. The molecule has 0 aromatic carbocycles. The van der Waals surface area contributed by atoms with Crippen LogP contribution < -0.4 is 10.6 Å². The first-order chi connectivity index (χ1) is 7.38. The van der Waals surface area contributed by atoms with E-state index in [0.29, 0.717) is 6.04 Å². The van der Waals surface area contributed by atoms with Crippen LogP contribution in [0.3, 0.4) is 0 Å². The van der Waals surface area contributed by atoms with Gasteiger partial charge in [-0.3, -0.25) is 4.68 Å². The van der Waals surface area contributed by atoms with Crippen molar-refractivity contribution in [2.24, 2.45) is 0 Å². The molecule has 1 aromatic heterocycles. The van der Waals surface area contributed by atoms with E-state index in [1.54, 1.807) is 0 Å². The van der Waals surface area contributed by atoms with Crippen molar-refractivity contribution in [3.05, 3.63) is 12.4 Å². The Bertz CT molecular complexity index is 289. The lowest BCUT2D eigenvalue weighted by Crippen LogP contribution is -2.39. The van der Waals surface area contributed by atoms with E-state index < -0.39 is 0 Å². The zero-order valence-electron chi connectivity index (χ0n) is 9.37. The van der Waals surface area contributed by atoms with Gasteiger partial charge >= 0.3 is 0 Å². The summed E-state index contributed by atoms with van der Waals surface area (Å²) in [5, 5.41) is 11.2. The van der Waals surface area contributed by atoms with Gasteiger partial charge in [0.1, 0.15) is 0 Å². The minimum absolute atomic E-state index is 0.628. The van der Waals surface area contributed by atoms with Gasteiger partial charge in [-0.2, -0.15) is 5.10 Å². The van der Waals surface area contributed by atoms with Gasteiger partial charge in [-0.25, -0.2) is 0 Å². The smallest absolute Gasteiger partial charge is 0.0727 e. The van der Waals surface area contributed by atoms with Crippen LogP contribution in [0.2, 0.25) is 0 Å². The number of nitrogens with one attached hydrogen (secondary N) is 2. The molecule has 1 atom stereocenters. The number of anilines is 1. The van der Waals surface area contributed by atoms with Crippen molar-refractivity contribution in [3.63, 3.8) is 0 Å².